The summed E-state index contributed by atoms with van der Waals surface area (Å²) in [5.41, 5.74) is 4.80. The molecule has 0 fully saturated rings. The van der Waals surface area contributed by atoms with Crippen molar-refractivity contribution in [1.29, 1.82) is 0 Å². The van der Waals surface area contributed by atoms with Crippen molar-refractivity contribution in [3.8, 4) is 0 Å². The highest BCUT2D eigenvalue weighted by Gasteiger charge is 2.19. The largest absolute Gasteiger partial charge is 0.369 e. The van der Waals surface area contributed by atoms with Gasteiger partial charge in [0.25, 0.3) is 0 Å². The molecule has 1 aromatic heterocycles. The molecule has 4 rings (SSSR count). The third-order valence-corrected chi connectivity index (χ3v) is 4.45. The second-order valence-corrected chi connectivity index (χ2v) is 5.59. The number of rotatable bonds is 2. The summed E-state index contributed by atoms with van der Waals surface area (Å²) in [5.74, 6) is 1.74. The van der Waals surface area contributed by atoms with Gasteiger partial charge in [-0.25, -0.2) is 4.98 Å². The fourth-order valence-corrected chi connectivity index (χ4v) is 3.13. The molecule has 2 heterocycles. The number of hydrogen-bond acceptors (Lipinski definition) is 2. The van der Waals surface area contributed by atoms with Crippen LogP contribution in [0.1, 0.15) is 11.4 Å². The lowest BCUT2D eigenvalue weighted by Crippen LogP contribution is -2.26. The van der Waals surface area contributed by atoms with Gasteiger partial charge in [-0.05, 0) is 29.8 Å². The number of nitrogens with zero attached hydrogens (tertiary/aromatic N) is 3. The van der Waals surface area contributed by atoms with Gasteiger partial charge in [0.1, 0.15) is 5.82 Å². The van der Waals surface area contributed by atoms with Gasteiger partial charge in [0.15, 0.2) is 0 Å². The Morgan fingerprint density at radius 1 is 1.20 bits per heavy atom. The monoisotopic (exact) mass is 285 g/mol. The number of allylic oxidation sites excluding steroid dienone is 3. The first-order valence-corrected chi connectivity index (χ1v) is 7.56. The average Bonchev–Trinajstić information content (AvgIpc) is 2.64. The van der Waals surface area contributed by atoms with Crippen molar-refractivity contribution < 1.29 is 0 Å². The van der Waals surface area contributed by atoms with Crippen LogP contribution in [-0.4, -0.2) is 27.5 Å². The molecule has 102 valence electrons. The van der Waals surface area contributed by atoms with E-state index in [4.69, 9.17) is 16.6 Å². The van der Waals surface area contributed by atoms with E-state index < -0.39 is 0 Å². The molecule has 20 heavy (non-hydrogen) atoms. The van der Waals surface area contributed by atoms with Crippen molar-refractivity contribution in [3.05, 3.63) is 53.5 Å². The van der Waals surface area contributed by atoms with E-state index >= 15 is 0 Å². The first kappa shape index (κ1) is 12.0. The Morgan fingerprint density at radius 2 is 2.10 bits per heavy atom. The van der Waals surface area contributed by atoms with Crippen molar-refractivity contribution in [1.82, 2.24) is 14.5 Å². The summed E-state index contributed by atoms with van der Waals surface area (Å²) in [6, 6.07) is 6.37. The van der Waals surface area contributed by atoms with E-state index in [1.165, 1.54) is 17.0 Å². The Kier molecular flexibility index (Phi) is 2.81. The molecule has 0 unspecified atom stereocenters. The maximum atomic E-state index is 5.90. The van der Waals surface area contributed by atoms with E-state index in [1.54, 1.807) is 0 Å². The van der Waals surface area contributed by atoms with Crippen LogP contribution in [0.3, 0.4) is 0 Å². The van der Waals surface area contributed by atoms with Crippen LogP contribution < -0.4 is 0 Å². The van der Waals surface area contributed by atoms with Crippen LogP contribution >= 0.6 is 11.6 Å². The van der Waals surface area contributed by atoms with Crippen LogP contribution in [-0.2, 0) is 18.8 Å². The van der Waals surface area contributed by atoms with Gasteiger partial charge in [0.2, 0.25) is 0 Å². The summed E-state index contributed by atoms with van der Waals surface area (Å²) in [5, 5.41) is 0. The maximum absolute atomic E-state index is 5.90. The molecule has 0 amide bonds. The van der Waals surface area contributed by atoms with Gasteiger partial charge < -0.3 is 9.47 Å². The zero-order valence-electron chi connectivity index (χ0n) is 11.2. The quantitative estimate of drug-likeness (QED) is 0.791. The van der Waals surface area contributed by atoms with Gasteiger partial charge in [-0.1, -0.05) is 12.1 Å². The molecule has 0 atom stereocenters. The number of halogens is 1. The van der Waals surface area contributed by atoms with Crippen molar-refractivity contribution in [2.75, 3.05) is 13.1 Å². The summed E-state index contributed by atoms with van der Waals surface area (Å²) in [4.78, 5) is 7.24. The Labute approximate surface area is 123 Å². The second-order valence-electron chi connectivity index (χ2n) is 5.32. The Morgan fingerprint density at radius 3 is 2.85 bits per heavy atom. The normalized spacial score (nSPS) is 17.6. The average molecular weight is 286 g/mol. The number of aromatic nitrogens is 2. The molecular weight excluding hydrogens is 270 g/mol. The van der Waals surface area contributed by atoms with Gasteiger partial charge in [-0.15, -0.1) is 11.6 Å². The first-order chi connectivity index (χ1) is 9.85. The van der Waals surface area contributed by atoms with E-state index in [-0.39, 0.29) is 0 Å². The minimum Gasteiger partial charge on any atom is -0.369 e. The zero-order valence-corrected chi connectivity index (χ0v) is 12.0. The molecule has 0 spiro atoms. The summed E-state index contributed by atoms with van der Waals surface area (Å²) in [7, 11) is 0. The minimum atomic E-state index is 0.548. The molecule has 2 aliphatic rings. The Bertz CT molecular complexity index is 727. The molecule has 3 nitrogen and oxygen atoms in total. The molecule has 1 aliphatic carbocycles. The summed E-state index contributed by atoms with van der Waals surface area (Å²) < 4.78 is 2.36. The fraction of sp³-hybridized carbons (Fsp3) is 0.312. The standard InChI is InChI=1S/C16H16ClN3/c17-11-12-4-5-15-14(10-12)18-16-6-7-19(8-9-20(15)16)13-2-1-3-13/h1-5,10H,6-9,11H2. The fourth-order valence-electron chi connectivity index (χ4n) is 2.97. The molecule has 0 saturated heterocycles. The van der Waals surface area contributed by atoms with Crippen LogP contribution in [0.15, 0.2) is 42.1 Å². The van der Waals surface area contributed by atoms with Gasteiger partial charge >= 0.3 is 0 Å². The highest BCUT2D eigenvalue weighted by atomic mass is 35.5. The van der Waals surface area contributed by atoms with E-state index in [1.807, 2.05) is 0 Å². The number of hydrogen-bond donors (Lipinski definition) is 0. The first-order valence-electron chi connectivity index (χ1n) is 7.02. The van der Waals surface area contributed by atoms with Gasteiger partial charge in [0.05, 0.1) is 11.0 Å². The summed E-state index contributed by atoms with van der Waals surface area (Å²) in [6.45, 7) is 3.09. The molecule has 4 heteroatoms. The predicted octanol–water partition coefficient (Wildman–Crippen LogP) is 3.09. The molecule has 1 aromatic carbocycles. The number of benzene rings is 1. The topological polar surface area (TPSA) is 21.1 Å². The smallest absolute Gasteiger partial charge is 0.111 e. The third-order valence-electron chi connectivity index (χ3n) is 4.14. The predicted molar refractivity (Wildman–Crippen MR) is 81.8 cm³/mol. The van der Waals surface area contributed by atoms with E-state index in [2.05, 4.69) is 45.9 Å². The molecule has 2 aromatic rings. The van der Waals surface area contributed by atoms with Crippen molar-refractivity contribution in [2.45, 2.75) is 18.8 Å². The molecule has 0 radical (unpaired) electrons. The Balaban J connectivity index is 1.68. The zero-order chi connectivity index (χ0) is 13.5. The van der Waals surface area contributed by atoms with Crippen LogP contribution in [0, 0.1) is 0 Å². The number of alkyl halides is 1. The molecule has 0 bridgehead atoms. The van der Waals surface area contributed by atoms with Crippen LogP contribution in [0.4, 0.5) is 0 Å². The van der Waals surface area contributed by atoms with Gasteiger partial charge in [-0.3, -0.25) is 0 Å². The SMILES string of the molecule is ClCc1ccc2c(c1)nc1n2CCN(C2=CC=C2)CC1. The van der Waals surface area contributed by atoms with E-state index in [0.717, 1.165) is 37.1 Å². The lowest BCUT2D eigenvalue weighted by Gasteiger charge is -2.25. The Hall–Kier alpha value is -1.74. The second kappa shape index (κ2) is 4.67. The van der Waals surface area contributed by atoms with Crippen molar-refractivity contribution in [2.24, 2.45) is 0 Å². The van der Waals surface area contributed by atoms with E-state index in [0.29, 0.717) is 5.88 Å². The van der Waals surface area contributed by atoms with Gasteiger partial charge in [0, 0.05) is 37.6 Å². The third kappa shape index (κ3) is 1.85. The van der Waals surface area contributed by atoms with Crippen molar-refractivity contribution in [3.63, 3.8) is 0 Å². The summed E-state index contributed by atoms with van der Waals surface area (Å²) >= 11 is 5.90. The van der Waals surface area contributed by atoms with Gasteiger partial charge in [-0.2, -0.15) is 0 Å². The molecule has 0 saturated carbocycles. The highest BCUT2D eigenvalue weighted by molar-refractivity contribution is 6.17. The molecule has 0 N–H and O–H groups in total. The van der Waals surface area contributed by atoms with Crippen LogP contribution in [0.2, 0.25) is 0 Å². The highest BCUT2D eigenvalue weighted by Crippen LogP contribution is 2.23. The lowest BCUT2D eigenvalue weighted by atomic mass is 10.2. The maximum Gasteiger partial charge on any atom is 0.111 e. The molecule has 1 aliphatic heterocycles. The molecular formula is C16H16ClN3. The number of imidazole rings is 1. The van der Waals surface area contributed by atoms with E-state index in [9.17, 15) is 0 Å². The van der Waals surface area contributed by atoms with Crippen molar-refractivity contribution >= 4 is 22.6 Å². The number of fused-ring (bicyclic) bond motifs is 3. The van der Waals surface area contributed by atoms with Crippen LogP contribution in [0.5, 0.6) is 0 Å². The summed E-state index contributed by atoms with van der Waals surface area (Å²) in [6.07, 6.45) is 7.45. The minimum absolute atomic E-state index is 0.548. The van der Waals surface area contributed by atoms with Crippen LogP contribution in [0.25, 0.3) is 11.0 Å². The lowest BCUT2D eigenvalue weighted by molar-refractivity contribution is 0.359.